The molecular weight excluding hydrogens is 330 g/mol. The van der Waals surface area contributed by atoms with E-state index >= 15 is 0 Å². The number of hydrogen-bond acceptors (Lipinski definition) is 4. The Morgan fingerprint density at radius 1 is 0.840 bits per heavy atom. The normalized spacial score (nSPS) is 11.1. The minimum absolute atomic E-state index is 0.0213. The number of aromatic nitrogens is 1. The van der Waals surface area contributed by atoms with E-state index in [1.807, 2.05) is 6.92 Å². The van der Waals surface area contributed by atoms with Crippen molar-refractivity contribution in [2.75, 3.05) is 0 Å². The summed E-state index contributed by atoms with van der Waals surface area (Å²) in [4.78, 5) is 47.0. The Bertz CT molecular complexity index is 841. The van der Waals surface area contributed by atoms with Gasteiger partial charge in [-0.05, 0) is 19.1 Å². The predicted octanol–water partition coefficient (Wildman–Crippen LogP) is 1.06. The molecule has 0 aliphatic carbocycles. The van der Waals surface area contributed by atoms with Crippen LogP contribution in [0.25, 0.3) is 0 Å². The Kier molecular flexibility index (Phi) is 4.47. The molecule has 0 radical (unpaired) electrons. The quantitative estimate of drug-likeness (QED) is 0.526. The van der Waals surface area contributed by atoms with Gasteiger partial charge in [-0.25, -0.2) is 14.4 Å². The maximum Gasteiger partial charge on any atom is 0.339 e. The van der Waals surface area contributed by atoms with Gasteiger partial charge in [0.05, 0.1) is 11.4 Å². The van der Waals surface area contributed by atoms with E-state index in [1.165, 1.54) is 13.1 Å². The van der Waals surface area contributed by atoms with E-state index in [9.17, 15) is 34.5 Å². The summed E-state index contributed by atoms with van der Waals surface area (Å²) >= 11 is 0. The molecule has 0 spiro atoms. The first-order valence-electron chi connectivity index (χ1n) is 7.11. The third-order valence-electron chi connectivity index (χ3n) is 4.01. The van der Waals surface area contributed by atoms with Gasteiger partial charge in [0.1, 0.15) is 0 Å². The Balaban J connectivity index is 2.62. The summed E-state index contributed by atoms with van der Waals surface area (Å²) in [5.41, 5.74) is -2.52. The summed E-state index contributed by atoms with van der Waals surface area (Å²) in [6, 6.07) is 8.81. The van der Waals surface area contributed by atoms with Crippen molar-refractivity contribution in [1.29, 1.82) is 0 Å². The summed E-state index contributed by atoms with van der Waals surface area (Å²) < 4.78 is 0.985. The van der Waals surface area contributed by atoms with Crippen molar-refractivity contribution in [2.45, 2.75) is 12.3 Å². The number of carboxylic acid groups (broad SMARTS) is 3. The maximum atomic E-state index is 12.6. The lowest BCUT2D eigenvalue weighted by Gasteiger charge is -2.21. The first-order chi connectivity index (χ1) is 11.6. The van der Waals surface area contributed by atoms with Crippen LogP contribution in [-0.4, -0.2) is 43.6 Å². The molecule has 1 aromatic heterocycles. The van der Waals surface area contributed by atoms with Crippen molar-refractivity contribution in [3.63, 3.8) is 0 Å². The van der Waals surface area contributed by atoms with E-state index in [-0.39, 0.29) is 5.69 Å². The van der Waals surface area contributed by atoms with Crippen molar-refractivity contribution in [3.05, 3.63) is 58.9 Å². The zero-order valence-electron chi connectivity index (χ0n) is 13.4. The molecule has 0 amide bonds. The van der Waals surface area contributed by atoms with Crippen molar-refractivity contribution in [2.24, 2.45) is 7.05 Å². The zero-order valence-corrected chi connectivity index (χ0v) is 13.4. The number of nitrogens with zero attached hydrogens (tertiary/aromatic N) is 1. The van der Waals surface area contributed by atoms with Gasteiger partial charge in [0.25, 0.3) is 5.41 Å². The fraction of sp³-hybridized carbons (Fsp3) is 0.176. The van der Waals surface area contributed by atoms with Gasteiger partial charge in [0.15, 0.2) is 0 Å². The van der Waals surface area contributed by atoms with Crippen molar-refractivity contribution < 1.29 is 34.5 Å². The van der Waals surface area contributed by atoms with E-state index in [4.69, 9.17) is 0 Å². The molecule has 8 heteroatoms. The van der Waals surface area contributed by atoms with E-state index < -0.39 is 34.8 Å². The smallest absolute Gasteiger partial charge is 0.339 e. The molecule has 0 atom stereocenters. The lowest BCUT2D eigenvalue weighted by Crippen LogP contribution is -2.51. The minimum atomic E-state index is -3.21. The SMILES string of the molecule is Cc1ccc(C(=O)c2ccc(C(C(=O)O)(C(=O)O)C(=O)O)n2C)cc1. The second kappa shape index (κ2) is 6.23. The summed E-state index contributed by atoms with van der Waals surface area (Å²) in [5, 5.41) is 27.8. The fourth-order valence-electron chi connectivity index (χ4n) is 2.57. The van der Waals surface area contributed by atoms with Crippen LogP contribution in [-0.2, 0) is 26.8 Å². The third-order valence-corrected chi connectivity index (χ3v) is 4.01. The first kappa shape index (κ1) is 17.9. The van der Waals surface area contributed by atoms with E-state index in [1.54, 1.807) is 24.3 Å². The molecule has 2 aromatic rings. The second-order valence-electron chi connectivity index (χ2n) is 5.52. The number of benzene rings is 1. The molecule has 1 heterocycles. The second-order valence-corrected chi connectivity index (χ2v) is 5.52. The largest absolute Gasteiger partial charge is 0.480 e. The number of carbonyl (C=O) groups excluding carboxylic acids is 1. The van der Waals surface area contributed by atoms with Crippen molar-refractivity contribution in [3.8, 4) is 0 Å². The standard InChI is InChI=1S/C17H15NO7/c1-9-3-5-10(6-4-9)13(19)11-7-8-12(18(11)2)17(14(20)21,15(22)23)16(24)25/h3-8H,1-2H3,(H,20,21)(H,22,23)(H,24,25). The lowest BCUT2D eigenvalue weighted by molar-refractivity contribution is -0.168. The maximum absolute atomic E-state index is 12.6. The molecule has 130 valence electrons. The van der Waals surface area contributed by atoms with Crippen LogP contribution in [0.1, 0.15) is 27.3 Å². The van der Waals surface area contributed by atoms with Gasteiger partial charge < -0.3 is 19.9 Å². The number of rotatable bonds is 6. The molecule has 0 saturated heterocycles. The molecule has 0 fully saturated rings. The van der Waals surface area contributed by atoms with Gasteiger partial charge >= 0.3 is 17.9 Å². The number of aliphatic carboxylic acids is 3. The molecule has 8 nitrogen and oxygen atoms in total. The highest BCUT2D eigenvalue weighted by atomic mass is 16.4. The van der Waals surface area contributed by atoms with Crippen LogP contribution in [0.15, 0.2) is 36.4 Å². The molecule has 0 unspecified atom stereocenters. The summed E-state index contributed by atoms with van der Waals surface area (Å²) in [5.74, 6) is -6.64. The van der Waals surface area contributed by atoms with Crippen LogP contribution >= 0.6 is 0 Å². The Labute approximate surface area is 141 Å². The van der Waals surface area contributed by atoms with E-state index in [2.05, 4.69) is 0 Å². The Morgan fingerprint density at radius 2 is 1.32 bits per heavy atom. The van der Waals surface area contributed by atoms with Crippen LogP contribution in [0, 0.1) is 6.92 Å². The van der Waals surface area contributed by atoms with Gasteiger partial charge in [0, 0.05) is 12.6 Å². The molecule has 0 aliphatic heterocycles. The van der Waals surface area contributed by atoms with Gasteiger partial charge in [-0.1, -0.05) is 29.8 Å². The van der Waals surface area contributed by atoms with Gasteiger partial charge in [-0.2, -0.15) is 0 Å². The van der Waals surface area contributed by atoms with Gasteiger partial charge in [-0.15, -0.1) is 0 Å². The average molecular weight is 345 g/mol. The molecule has 25 heavy (non-hydrogen) atoms. The summed E-state index contributed by atoms with van der Waals surface area (Å²) in [6.07, 6.45) is 0. The number of aryl methyl sites for hydroxylation is 1. The molecule has 0 aliphatic rings. The highest BCUT2D eigenvalue weighted by Gasteiger charge is 2.58. The molecule has 2 rings (SSSR count). The van der Waals surface area contributed by atoms with E-state index in [0.717, 1.165) is 16.2 Å². The highest BCUT2D eigenvalue weighted by Crippen LogP contribution is 2.28. The fourth-order valence-corrected chi connectivity index (χ4v) is 2.57. The topological polar surface area (TPSA) is 134 Å². The Hall–Kier alpha value is -3.42. The van der Waals surface area contributed by atoms with Crippen molar-refractivity contribution >= 4 is 23.7 Å². The Morgan fingerprint density at radius 3 is 1.76 bits per heavy atom. The van der Waals surface area contributed by atoms with Crippen LogP contribution in [0.4, 0.5) is 0 Å². The average Bonchev–Trinajstić information content (AvgIpc) is 2.89. The molecule has 3 N–H and O–H groups in total. The molecule has 0 saturated carbocycles. The van der Waals surface area contributed by atoms with Gasteiger partial charge in [-0.3, -0.25) is 4.79 Å². The minimum Gasteiger partial charge on any atom is -0.480 e. The summed E-state index contributed by atoms with van der Waals surface area (Å²) in [7, 11) is 1.25. The van der Waals surface area contributed by atoms with Crippen LogP contribution in [0.5, 0.6) is 0 Å². The number of hydrogen-bond donors (Lipinski definition) is 3. The van der Waals surface area contributed by atoms with Gasteiger partial charge in [0.2, 0.25) is 5.78 Å². The molecule has 0 bridgehead atoms. The molecular formula is C17H15NO7. The monoisotopic (exact) mass is 345 g/mol. The first-order valence-corrected chi connectivity index (χ1v) is 7.11. The van der Waals surface area contributed by atoms with E-state index in [0.29, 0.717) is 5.56 Å². The number of ketones is 1. The van der Waals surface area contributed by atoms with Crippen molar-refractivity contribution in [1.82, 2.24) is 4.57 Å². The third kappa shape index (κ3) is 2.67. The summed E-state index contributed by atoms with van der Waals surface area (Å²) in [6.45, 7) is 1.84. The highest BCUT2D eigenvalue weighted by molar-refractivity contribution is 6.22. The van der Waals surface area contributed by atoms with Crippen LogP contribution in [0.3, 0.4) is 0 Å². The predicted molar refractivity (Wildman–Crippen MR) is 84.6 cm³/mol. The molecule has 1 aromatic carbocycles. The van der Waals surface area contributed by atoms with Crippen LogP contribution < -0.4 is 0 Å². The lowest BCUT2D eigenvalue weighted by atomic mass is 9.84. The zero-order chi connectivity index (χ0) is 18.9. The number of carbonyl (C=O) groups is 4. The van der Waals surface area contributed by atoms with Crippen LogP contribution in [0.2, 0.25) is 0 Å². The number of carboxylic acids is 3.